The average Bonchev–Trinajstić information content (AvgIpc) is 2.91. The molecule has 1 aliphatic heterocycles. The summed E-state index contributed by atoms with van der Waals surface area (Å²) in [6, 6.07) is 3.12. The molecular formula is C15H18F2N2O3. The molecule has 1 fully saturated rings. The molecule has 1 aromatic carbocycles. The van der Waals surface area contributed by atoms with Gasteiger partial charge in [0, 0.05) is 19.2 Å². The van der Waals surface area contributed by atoms with Crippen LogP contribution in [0.5, 0.6) is 0 Å². The first-order valence-corrected chi connectivity index (χ1v) is 7.02. The highest BCUT2D eigenvalue weighted by atomic mass is 19.1. The predicted molar refractivity (Wildman–Crippen MR) is 75.2 cm³/mol. The summed E-state index contributed by atoms with van der Waals surface area (Å²) >= 11 is 0. The number of carbonyl (C=O) groups excluding carboxylic acids is 2. The summed E-state index contributed by atoms with van der Waals surface area (Å²) in [7, 11) is 1.25. The van der Waals surface area contributed by atoms with E-state index in [1.807, 2.05) is 0 Å². The first kappa shape index (κ1) is 16.2. The molecule has 0 aliphatic carbocycles. The topological polar surface area (TPSA) is 58.6 Å². The van der Waals surface area contributed by atoms with E-state index in [2.05, 4.69) is 10.1 Å². The minimum atomic E-state index is -0.597. The molecule has 7 heteroatoms. The van der Waals surface area contributed by atoms with Crippen molar-refractivity contribution < 1.29 is 23.1 Å². The highest BCUT2D eigenvalue weighted by Crippen LogP contribution is 2.21. The third-order valence-electron chi connectivity index (χ3n) is 3.63. The molecule has 1 aromatic rings. The molecule has 0 saturated carbocycles. The van der Waals surface area contributed by atoms with E-state index in [4.69, 9.17) is 0 Å². The summed E-state index contributed by atoms with van der Waals surface area (Å²) in [6.45, 7) is 0.867. The van der Waals surface area contributed by atoms with Crippen LogP contribution in [0.3, 0.4) is 0 Å². The number of hydrogen-bond acceptors (Lipinski definition) is 3. The molecule has 2 amide bonds. The van der Waals surface area contributed by atoms with Gasteiger partial charge in [0.1, 0.15) is 18.2 Å². The number of esters is 1. The van der Waals surface area contributed by atoms with Gasteiger partial charge in [-0.25, -0.2) is 13.6 Å². The van der Waals surface area contributed by atoms with Crippen molar-refractivity contribution in [3.05, 3.63) is 35.4 Å². The molecule has 0 bridgehead atoms. The third kappa shape index (κ3) is 4.41. The number of methoxy groups -OCH3 is 1. The van der Waals surface area contributed by atoms with Crippen molar-refractivity contribution in [1.29, 1.82) is 0 Å². The molecule has 0 radical (unpaired) electrons. The smallest absolute Gasteiger partial charge is 0.325 e. The zero-order valence-corrected chi connectivity index (χ0v) is 12.3. The van der Waals surface area contributed by atoms with E-state index >= 15 is 0 Å². The van der Waals surface area contributed by atoms with Gasteiger partial charge in [-0.1, -0.05) is 0 Å². The van der Waals surface area contributed by atoms with Crippen LogP contribution in [0.15, 0.2) is 18.2 Å². The van der Waals surface area contributed by atoms with Gasteiger partial charge >= 0.3 is 12.0 Å². The van der Waals surface area contributed by atoms with Crippen LogP contribution in [0.25, 0.3) is 0 Å². The van der Waals surface area contributed by atoms with E-state index in [1.165, 1.54) is 19.2 Å². The van der Waals surface area contributed by atoms with Crippen molar-refractivity contribution in [2.75, 3.05) is 26.7 Å². The van der Waals surface area contributed by atoms with Crippen molar-refractivity contribution in [3.8, 4) is 0 Å². The lowest BCUT2D eigenvalue weighted by atomic mass is 9.98. The fourth-order valence-electron chi connectivity index (χ4n) is 2.58. The Bertz CT molecular complexity index is 545. The SMILES string of the molecule is COC(=O)CNC(=O)N1CCC(Cc2cc(F)cc(F)c2)C1. The molecule has 0 aromatic heterocycles. The standard InChI is InChI=1S/C15H18F2N2O3/c1-22-14(20)8-18-15(21)19-3-2-10(9-19)4-11-5-12(16)7-13(17)6-11/h5-7,10H,2-4,8-9H2,1H3,(H,18,21). The van der Waals surface area contributed by atoms with Gasteiger partial charge in [0.2, 0.25) is 0 Å². The van der Waals surface area contributed by atoms with Crippen LogP contribution in [-0.2, 0) is 16.0 Å². The van der Waals surface area contributed by atoms with Crippen LogP contribution in [0.2, 0.25) is 0 Å². The number of nitrogens with zero attached hydrogens (tertiary/aromatic N) is 1. The molecule has 22 heavy (non-hydrogen) atoms. The molecule has 1 heterocycles. The molecule has 1 unspecified atom stereocenters. The number of hydrogen-bond donors (Lipinski definition) is 1. The molecule has 1 atom stereocenters. The number of halogens is 2. The Morgan fingerprint density at radius 3 is 2.64 bits per heavy atom. The number of amides is 2. The van der Waals surface area contributed by atoms with Crippen LogP contribution in [-0.4, -0.2) is 43.6 Å². The Morgan fingerprint density at radius 1 is 1.32 bits per heavy atom. The lowest BCUT2D eigenvalue weighted by Crippen LogP contribution is -2.41. The molecule has 120 valence electrons. The van der Waals surface area contributed by atoms with E-state index in [1.54, 1.807) is 4.90 Å². The van der Waals surface area contributed by atoms with Gasteiger partial charge < -0.3 is 15.0 Å². The highest BCUT2D eigenvalue weighted by molar-refractivity contribution is 5.80. The number of ether oxygens (including phenoxy) is 1. The van der Waals surface area contributed by atoms with E-state index < -0.39 is 17.6 Å². The van der Waals surface area contributed by atoms with Crippen molar-refractivity contribution >= 4 is 12.0 Å². The summed E-state index contributed by atoms with van der Waals surface area (Å²) in [5, 5.41) is 2.47. The van der Waals surface area contributed by atoms with Gasteiger partial charge in [-0.05, 0) is 36.5 Å². The van der Waals surface area contributed by atoms with E-state index in [9.17, 15) is 18.4 Å². The largest absolute Gasteiger partial charge is 0.468 e. The summed E-state index contributed by atoms with van der Waals surface area (Å²) in [4.78, 5) is 24.4. The van der Waals surface area contributed by atoms with E-state index in [0.717, 1.165) is 12.5 Å². The van der Waals surface area contributed by atoms with Gasteiger partial charge in [0.25, 0.3) is 0 Å². The van der Waals surface area contributed by atoms with Crippen molar-refractivity contribution in [2.45, 2.75) is 12.8 Å². The highest BCUT2D eigenvalue weighted by Gasteiger charge is 2.26. The quantitative estimate of drug-likeness (QED) is 0.861. The summed E-state index contributed by atoms with van der Waals surface area (Å²) in [5.74, 6) is -1.56. The van der Waals surface area contributed by atoms with Crippen molar-refractivity contribution in [1.82, 2.24) is 10.2 Å². The van der Waals surface area contributed by atoms with Gasteiger partial charge in [0.05, 0.1) is 7.11 Å². The number of benzene rings is 1. The summed E-state index contributed by atoms with van der Waals surface area (Å²) in [5.41, 5.74) is 0.583. The molecule has 0 spiro atoms. The number of rotatable bonds is 4. The maximum atomic E-state index is 13.2. The summed E-state index contributed by atoms with van der Waals surface area (Å²) < 4.78 is 30.8. The Morgan fingerprint density at radius 2 is 2.00 bits per heavy atom. The van der Waals surface area contributed by atoms with Crippen LogP contribution < -0.4 is 5.32 Å². The van der Waals surface area contributed by atoms with Gasteiger partial charge in [-0.2, -0.15) is 0 Å². The van der Waals surface area contributed by atoms with Crippen LogP contribution in [0, 0.1) is 17.6 Å². The second-order valence-electron chi connectivity index (χ2n) is 5.32. The van der Waals surface area contributed by atoms with Crippen molar-refractivity contribution in [2.24, 2.45) is 5.92 Å². The average molecular weight is 312 g/mol. The minimum Gasteiger partial charge on any atom is -0.468 e. The Balaban J connectivity index is 1.84. The maximum Gasteiger partial charge on any atom is 0.325 e. The first-order valence-electron chi connectivity index (χ1n) is 7.02. The van der Waals surface area contributed by atoms with Crippen LogP contribution >= 0.6 is 0 Å². The van der Waals surface area contributed by atoms with Crippen LogP contribution in [0.1, 0.15) is 12.0 Å². The number of nitrogens with one attached hydrogen (secondary N) is 1. The lowest BCUT2D eigenvalue weighted by molar-refractivity contribution is -0.139. The van der Waals surface area contributed by atoms with Crippen LogP contribution in [0.4, 0.5) is 13.6 Å². The van der Waals surface area contributed by atoms with E-state index in [0.29, 0.717) is 25.1 Å². The Hall–Kier alpha value is -2.18. The third-order valence-corrected chi connectivity index (χ3v) is 3.63. The molecule has 1 N–H and O–H groups in total. The zero-order valence-electron chi connectivity index (χ0n) is 12.3. The van der Waals surface area contributed by atoms with Gasteiger partial charge in [-0.15, -0.1) is 0 Å². The molecule has 5 nitrogen and oxygen atoms in total. The van der Waals surface area contributed by atoms with E-state index in [-0.39, 0.29) is 18.5 Å². The molecular weight excluding hydrogens is 294 g/mol. The maximum absolute atomic E-state index is 13.2. The molecule has 1 aliphatic rings. The second-order valence-corrected chi connectivity index (χ2v) is 5.32. The number of urea groups is 1. The van der Waals surface area contributed by atoms with Crippen molar-refractivity contribution in [3.63, 3.8) is 0 Å². The fourth-order valence-corrected chi connectivity index (χ4v) is 2.58. The Labute approximate surface area is 127 Å². The minimum absolute atomic E-state index is 0.144. The second kappa shape index (κ2) is 7.20. The van der Waals surface area contributed by atoms with Gasteiger partial charge in [0.15, 0.2) is 0 Å². The lowest BCUT2D eigenvalue weighted by Gasteiger charge is -2.17. The molecule has 2 rings (SSSR count). The number of likely N-dealkylation sites (tertiary alicyclic amines) is 1. The Kier molecular flexibility index (Phi) is 5.30. The monoisotopic (exact) mass is 312 g/mol. The predicted octanol–water partition coefficient (Wildman–Crippen LogP) is 1.71. The zero-order chi connectivity index (χ0) is 16.1. The first-order chi connectivity index (χ1) is 10.5. The molecule has 1 saturated heterocycles. The summed E-state index contributed by atoms with van der Waals surface area (Å²) in [6.07, 6.45) is 1.26. The fraction of sp³-hybridized carbons (Fsp3) is 0.467. The van der Waals surface area contributed by atoms with Gasteiger partial charge in [-0.3, -0.25) is 4.79 Å². The number of carbonyl (C=O) groups is 2. The normalized spacial score (nSPS) is 17.4.